The van der Waals surface area contributed by atoms with Crippen LogP contribution in [0, 0.1) is 5.92 Å². The lowest BCUT2D eigenvalue weighted by Crippen LogP contribution is -2.57. The Bertz CT molecular complexity index is 356. The number of likely N-dealkylation sites (tertiary alicyclic amines) is 1. The number of carbonyl (C=O) groups excluding carboxylic acids is 1. The molecule has 130 valence electrons. The molecule has 2 amide bonds. The number of amides is 2. The van der Waals surface area contributed by atoms with Crippen LogP contribution in [0.5, 0.6) is 0 Å². The number of piperidine rings is 1. The number of hydrogen-bond acceptors (Lipinski definition) is 3. The van der Waals surface area contributed by atoms with E-state index in [0.29, 0.717) is 13.1 Å². The second-order valence-corrected chi connectivity index (χ2v) is 7.76. The van der Waals surface area contributed by atoms with Gasteiger partial charge in [0.15, 0.2) is 0 Å². The molecule has 1 heterocycles. The molecule has 0 aromatic heterocycles. The minimum atomic E-state index is -0.510. The Kier molecular flexibility index (Phi) is 7.13. The molecular weight excluding hydrogens is 278 g/mol. The first-order valence-corrected chi connectivity index (χ1v) is 8.61. The minimum Gasteiger partial charge on any atom is -0.392 e. The maximum atomic E-state index is 12.4. The highest BCUT2D eigenvalue weighted by Gasteiger charge is 2.31. The molecule has 1 aliphatic heterocycles. The van der Waals surface area contributed by atoms with Crippen molar-refractivity contribution in [2.24, 2.45) is 5.92 Å². The SMILES string of the molecule is CC(O)CN(C(=O)NCC(C)(C)N1CCCC(C)C1)C(C)C. The lowest BCUT2D eigenvalue weighted by atomic mass is 9.93. The molecular formula is C17H35N3O2. The quantitative estimate of drug-likeness (QED) is 0.791. The van der Waals surface area contributed by atoms with Crippen molar-refractivity contribution >= 4 is 6.03 Å². The number of hydrogen-bond donors (Lipinski definition) is 2. The molecule has 0 bridgehead atoms. The van der Waals surface area contributed by atoms with Gasteiger partial charge in [-0.15, -0.1) is 0 Å². The maximum Gasteiger partial charge on any atom is 0.317 e. The van der Waals surface area contributed by atoms with Crippen molar-refractivity contribution in [2.75, 3.05) is 26.2 Å². The zero-order chi connectivity index (χ0) is 16.9. The second-order valence-electron chi connectivity index (χ2n) is 7.76. The van der Waals surface area contributed by atoms with Crippen molar-refractivity contribution in [3.8, 4) is 0 Å². The van der Waals surface area contributed by atoms with Gasteiger partial charge in [-0.3, -0.25) is 4.90 Å². The summed E-state index contributed by atoms with van der Waals surface area (Å²) in [4.78, 5) is 16.6. The van der Waals surface area contributed by atoms with E-state index in [1.54, 1.807) is 11.8 Å². The molecule has 2 unspecified atom stereocenters. The molecule has 0 radical (unpaired) electrons. The van der Waals surface area contributed by atoms with E-state index in [9.17, 15) is 9.90 Å². The standard InChI is InChI=1S/C17H35N3O2/c1-13(2)20(11-15(4)21)16(22)18-12-17(5,6)19-9-7-8-14(3)10-19/h13-15,21H,7-12H2,1-6H3,(H,18,22). The van der Waals surface area contributed by atoms with Crippen molar-refractivity contribution in [3.05, 3.63) is 0 Å². The summed E-state index contributed by atoms with van der Waals surface area (Å²) in [6, 6.07) is -0.0123. The molecule has 0 spiro atoms. The van der Waals surface area contributed by atoms with Gasteiger partial charge in [0, 0.05) is 31.2 Å². The normalized spacial score (nSPS) is 21.7. The van der Waals surface area contributed by atoms with Gasteiger partial charge in [-0.25, -0.2) is 4.79 Å². The van der Waals surface area contributed by atoms with Gasteiger partial charge in [0.25, 0.3) is 0 Å². The van der Waals surface area contributed by atoms with Gasteiger partial charge in [-0.2, -0.15) is 0 Å². The van der Waals surface area contributed by atoms with Crippen molar-refractivity contribution in [3.63, 3.8) is 0 Å². The first-order chi connectivity index (χ1) is 10.1. The number of aliphatic hydroxyl groups is 1. The summed E-state index contributed by atoms with van der Waals surface area (Å²) < 4.78 is 0. The summed E-state index contributed by atoms with van der Waals surface area (Å²) >= 11 is 0. The Labute approximate surface area is 136 Å². The largest absolute Gasteiger partial charge is 0.392 e. The Morgan fingerprint density at radius 2 is 2.05 bits per heavy atom. The fourth-order valence-corrected chi connectivity index (χ4v) is 3.06. The molecule has 5 heteroatoms. The Morgan fingerprint density at radius 1 is 1.41 bits per heavy atom. The van der Waals surface area contributed by atoms with Crippen LogP contribution in [0.15, 0.2) is 0 Å². The highest BCUT2D eigenvalue weighted by atomic mass is 16.3. The summed E-state index contributed by atoms with van der Waals surface area (Å²) in [7, 11) is 0. The van der Waals surface area contributed by atoms with Crippen LogP contribution in [0.25, 0.3) is 0 Å². The van der Waals surface area contributed by atoms with Gasteiger partial charge in [-0.05, 0) is 59.9 Å². The molecule has 1 aliphatic rings. The van der Waals surface area contributed by atoms with Crippen LogP contribution in [0.4, 0.5) is 4.79 Å². The van der Waals surface area contributed by atoms with Crippen LogP contribution >= 0.6 is 0 Å². The van der Waals surface area contributed by atoms with Crippen LogP contribution < -0.4 is 5.32 Å². The van der Waals surface area contributed by atoms with Crippen molar-refractivity contribution < 1.29 is 9.90 Å². The maximum absolute atomic E-state index is 12.4. The molecule has 1 fully saturated rings. The average Bonchev–Trinajstić information content (AvgIpc) is 2.42. The third-order valence-electron chi connectivity index (χ3n) is 4.53. The number of nitrogens with one attached hydrogen (secondary N) is 1. The number of urea groups is 1. The molecule has 2 atom stereocenters. The number of aliphatic hydroxyl groups excluding tert-OH is 1. The van der Waals surface area contributed by atoms with Gasteiger partial charge >= 0.3 is 6.03 Å². The topological polar surface area (TPSA) is 55.8 Å². The summed E-state index contributed by atoms with van der Waals surface area (Å²) in [5, 5.41) is 12.6. The van der Waals surface area contributed by atoms with E-state index in [2.05, 4.69) is 31.0 Å². The first kappa shape index (κ1) is 19.2. The van der Waals surface area contributed by atoms with Crippen LogP contribution in [-0.4, -0.2) is 64.8 Å². The minimum absolute atomic E-state index is 0.0438. The molecule has 5 nitrogen and oxygen atoms in total. The Balaban J connectivity index is 2.56. The highest BCUT2D eigenvalue weighted by Crippen LogP contribution is 2.23. The predicted molar refractivity (Wildman–Crippen MR) is 91.0 cm³/mol. The predicted octanol–water partition coefficient (Wildman–Crippen LogP) is 2.30. The molecule has 2 N–H and O–H groups in total. The second kappa shape index (κ2) is 8.16. The van der Waals surface area contributed by atoms with E-state index >= 15 is 0 Å². The third-order valence-corrected chi connectivity index (χ3v) is 4.53. The van der Waals surface area contributed by atoms with Crippen molar-refractivity contribution in [1.29, 1.82) is 0 Å². The average molecular weight is 313 g/mol. The van der Waals surface area contributed by atoms with E-state index in [0.717, 1.165) is 19.0 Å². The van der Waals surface area contributed by atoms with Gasteiger partial charge in [0.2, 0.25) is 0 Å². The summed E-state index contributed by atoms with van der Waals surface area (Å²) in [5.41, 5.74) is -0.0438. The van der Waals surface area contributed by atoms with Crippen LogP contribution in [0.2, 0.25) is 0 Å². The number of rotatable bonds is 6. The molecule has 1 rings (SSSR count). The van der Waals surface area contributed by atoms with E-state index in [1.165, 1.54) is 12.8 Å². The van der Waals surface area contributed by atoms with E-state index < -0.39 is 6.10 Å². The van der Waals surface area contributed by atoms with Gasteiger partial charge < -0.3 is 15.3 Å². The first-order valence-electron chi connectivity index (χ1n) is 8.61. The molecule has 0 saturated carbocycles. The van der Waals surface area contributed by atoms with E-state index in [-0.39, 0.29) is 17.6 Å². The Hall–Kier alpha value is -0.810. The third kappa shape index (κ3) is 5.76. The van der Waals surface area contributed by atoms with Crippen LogP contribution in [0.3, 0.4) is 0 Å². The molecule has 0 aromatic carbocycles. The zero-order valence-corrected chi connectivity index (χ0v) is 15.2. The lowest BCUT2D eigenvalue weighted by Gasteiger charge is -2.43. The molecule has 0 aromatic rings. The van der Waals surface area contributed by atoms with Crippen molar-refractivity contribution in [1.82, 2.24) is 15.1 Å². The van der Waals surface area contributed by atoms with Gasteiger partial charge in [0.05, 0.1) is 6.10 Å². The number of nitrogens with zero attached hydrogens (tertiary/aromatic N) is 2. The van der Waals surface area contributed by atoms with Crippen molar-refractivity contribution in [2.45, 2.75) is 72.1 Å². The fraction of sp³-hybridized carbons (Fsp3) is 0.941. The number of carbonyl (C=O) groups is 1. The molecule has 1 saturated heterocycles. The van der Waals surface area contributed by atoms with Crippen LogP contribution in [0.1, 0.15) is 54.4 Å². The summed E-state index contributed by atoms with van der Waals surface area (Å²) in [6.07, 6.45) is 2.02. The monoisotopic (exact) mass is 313 g/mol. The van der Waals surface area contributed by atoms with Gasteiger partial charge in [-0.1, -0.05) is 6.92 Å². The smallest absolute Gasteiger partial charge is 0.317 e. The zero-order valence-electron chi connectivity index (χ0n) is 15.2. The van der Waals surface area contributed by atoms with Crippen LogP contribution in [-0.2, 0) is 0 Å². The summed E-state index contributed by atoms with van der Waals surface area (Å²) in [5.74, 6) is 0.728. The van der Waals surface area contributed by atoms with E-state index in [1.807, 2.05) is 13.8 Å². The lowest BCUT2D eigenvalue weighted by molar-refractivity contribution is 0.0688. The van der Waals surface area contributed by atoms with Gasteiger partial charge in [0.1, 0.15) is 0 Å². The molecule has 22 heavy (non-hydrogen) atoms. The fourth-order valence-electron chi connectivity index (χ4n) is 3.06. The summed E-state index contributed by atoms with van der Waals surface area (Å²) in [6.45, 7) is 15.5. The van der Waals surface area contributed by atoms with E-state index in [4.69, 9.17) is 0 Å². The Morgan fingerprint density at radius 3 is 2.55 bits per heavy atom. The molecule has 0 aliphatic carbocycles. The highest BCUT2D eigenvalue weighted by molar-refractivity contribution is 5.74.